The van der Waals surface area contributed by atoms with Crippen LogP contribution < -0.4 is 0 Å². The van der Waals surface area contributed by atoms with Crippen LogP contribution in [-0.4, -0.2) is 10.1 Å². The first kappa shape index (κ1) is 12.4. The smallest absolute Gasteiger partial charge is 0.213 e. The van der Waals surface area contributed by atoms with Gasteiger partial charge in [0.1, 0.15) is 5.75 Å². The van der Waals surface area contributed by atoms with Crippen molar-refractivity contribution in [1.29, 1.82) is 0 Å². The Morgan fingerprint density at radius 1 is 1.06 bits per heavy atom. The number of hydrogen-bond acceptors (Lipinski definition) is 2. The maximum absolute atomic E-state index is 13.0. The van der Waals surface area contributed by atoms with Crippen molar-refractivity contribution in [2.24, 2.45) is 0 Å². The van der Waals surface area contributed by atoms with Gasteiger partial charge >= 0.3 is 0 Å². The minimum Gasteiger partial charge on any atom is -0.506 e. The molecule has 1 aromatic carbocycles. The van der Waals surface area contributed by atoms with Gasteiger partial charge < -0.3 is 5.11 Å². The Labute approximate surface area is 112 Å². The molecule has 0 saturated heterocycles. The topological polar surface area (TPSA) is 33.1 Å². The van der Waals surface area contributed by atoms with Crippen molar-refractivity contribution in [3.05, 3.63) is 45.4 Å². The lowest BCUT2D eigenvalue weighted by molar-refractivity contribution is 0.469. The number of aromatic nitrogens is 1. The molecule has 0 aliphatic rings. The number of pyridine rings is 1. The quantitative estimate of drug-likeness (QED) is 0.617. The number of benzene rings is 1. The molecule has 0 bridgehead atoms. The molecule has 1 heterocycles. The summed E-state index contributed by atoms with van der Waals surface area (Å²) < 4.78 is 13.0. The molecule has 1 N–H and O–H groups in total. The van der Waals surface area contributed by atoms with E-state index in [1.807, 2.05) is 0 Å². The normalized spacial score (nSPS) is 10.6. The molecule has 0 amide bonds. The van der Waals surface area contributed by atoms with Crippen LogP contribution in [0.5, 0.6) is 5.75 Å². The molecule has 0 aliphatic heterocycles. The highest BCUT2D eigenvalue weighted by Gasteiger charge is 2.13. The van der Waals surface area contributed by atoms with E-state index in [2.05, 4.69) is 4.98 Å². The maximum Gasteiger partial charge on any atom is 0.213 e. The second-order valence-electron chi connectivity index (χ2n) is 3.27. The van der Waals surface area contributed by atoms with Gasteiger partial charge in [0.15, 0.2) is 0 Å². The van der Waals surface area contributed by atoms with Crippen LogP contribution in [0.4, 0.5) is 4.39 Å². The lowest BCUT2D eigenvalue weighted by Gasteiger charge is -2.08. The molecule has 2 aromatic rings. The molecule has 1 aromatic heterocycles. The highest BCUT2D eigenvalue weighted by molar-refractivity contribution is 6.45. The van der Waals surface area contributed by atoms with E-state index in [1.54, 1.807) is 0 Å². The van der Waals surface area contributed by atoms with Crippen LogP contribution in [0.2, 0.25) is 15.1 Å². The van der Waals surface area contributed by atoms with Gasteiger partial charge in [-0.05, 0) is 12.1 Å². The average molecular weight is 293 g/mol. The summed E-state index contributed by atoms with van der Waals surface area (Å²) in [5.41, 5.74) is 0.537. The van der Waals surface area contributed by atoms with E-state index in [-0.39, 0.29) is 21.4 Å². The summed E-state index contributed by atoms with van der Waals surface area (Å²) in [5, 5.41) is 10.4. The van der Waals surface area contributed by atoms with Gasteiger partial charge in [-0.25, -0.2) is 4.98 Å². The zero-order valence-electron chi connectivity index (χ0n) is 8.22. The van der Waals surface area contributed by atoms with E-state index in [4.69, 9.17) is 34.8 Å². The van der Waals surface area contributed by atoms with Crippen molar-refractivity contribution in [3.8, 4) is 16.9 Å². The fourth-order valence-electron chi connectivity index (χ4n) is 1.39. The van der Waals surface area contributed by atoms with E-state index in [0.29, 0.717) is 10.6 Å². The molecule has 2 nitrogen and oxygen atoms in total. The predicted molar refractivity (Wildman–Crippen MR) is 66.3 cm³/mol. The van der Waals surface area contributed by atoms with E-state index in [0.717, 1.165) is 12.3 Å². The third-order valence-corrected chi connectivity index (χ3v) is 3.15. The molecule has 0 aliphatic carbocycles. The molecule has 0 fully saturated rings. The molecule has 0 atom stereocenters. The van der Waals surface area contributed by atoms with E-state index >= 15 is 0 Å². The van der Waals surface area contributed by atoms with Crippen molar-refractivity contribution in [1.82, 2.24) is 4.98 Å². The molecule has 0 saturated carbocycles. The molecule has 6 heteroatoms. The van der Waals surface area contributed by atoms with Crippen LogP contribution in [0, 0.1) is 5.95 Å². The fraction of sp³-hybridized carbons (Fsp3) is 0. The van der Waals surface area contributed by atoms with Crippen molar-refractivity contribution < 1.29 is 9.50 Å². The summed E-state index contributed by atoms with van der Waals surface area (Å²) in [6.45, 7) is 0. The highest BCUT2D eigenvalue weighted by atomic mass is 35.5. The van der Waals surface area contributed by atoms with Crippen molar-refractivity contribution in [2.45, 2.75) is 0 Å². The van der Waals surface area contributed by atoms with Gasteiger partial charge in [-0.15, -0.1) is 0 Å². The number of halogens is 4. The molecule has 0 unspecified atom stereocenters. The van der Waals surface area contributed by atoms with Crippen LogP contribution in [0.25, 0.3) is 11.1 Å². The van der Waals surface area contributed by atoms with Crippen LogP contribution in [0.15, 0.2) is 24.4 Å². The van der Waals surface area contributed by atoms with Gasteiger partial charge in [0.25, 0.3) is 0 Å². The Morgan fingerprint density at radius 2 is 1.76 bits per heavy atom. The lowest BCUT2D eigenvalue weighted by atomic mass is 10.1. The Morgan fingerprint density at radius 3 is 2.47 bits per heavy atom. The lowest BCUT2D eigenvalue weighted by Crippen LogP contribution is -1.87. The molecule has 0 radical (unpaired) electrons. The molecule has 88 valence electrons. The first-order valence-corrected chi connectivity index (χ1v) is 5.62. The first-order chi connectivity index (χ1) is 7.99. The highest BCUT2D eigenvalue weighted by Crippen LogP contribution is 2.39. The standard InChI is InChI=1S/C11H5Cl3FNO/c12-5-1-7(11(14)8(13)2-5)6-3-10(15)16-4-9(6)17/h1-4,17H. The number of nitrogens with zero attached hydrogens (tertiary/aromatic N) is 1. The molecular weight excluding hydrogens is 287 g/mol. The molecule has 2 rings (SSSR count). The summed E-state index contributed by atoms with van der Waals surface area (Å²) in [4.78, 5) is 3.31. The van der Waals surface area contributed by atoms with Gasteiger partial charge in [-0.3, -0.25) is 0 Å². The Hall–Kier alpha value is -1.03. The SMILES string of the molecule is Oc1cnc(F)cc1-c1cc(Cl)cc(Cl)c1Cl. The molecule has 17 heavy (non-hydrogen) atoms. The Balaban J connectivity index is 2.72. The summed E-state index contributed by atoms with van der Waals surface area (Å²) in [6.07, 6.45) is 0.996. The summed E-state index contributed by atoms with van der Waals surface area (Å²) in [5.74, 6) is -0.934. The van der Waals surface area contributed by atoms with Crippen LogP contribution in [-0.2, 0) is 0 Å². The third kappa shape index (κ3) is 2.46. The fourth-order valence-corrected chi connectivity index (χ4v) is 2.09. The summed E-state index contributed by atoms with van der Waals surface area (Å²) >= 11 is 17.7. The largest absolute Gasteiger partial charge is 0.506 e. The van der Waals surface area contributed by atoms with Crippen LogP contribution >= 0.6 is 34.8 Å². The summed E-state index contributed by atoms with van der Waals surface area (Å²) in [7, 11) is 0. The van der Waals surface area contributed by atoms with E-state index in [1.165, 1.54) is 12.1 Å². The van der Waals surface area contributed by atoms with Gasteiger partial charge in [0.05, 0.1) is 16.2 Å². The van der Waals surface area contributed by atoms with E-state index in [9.17, 15) is 9.50 Å². The number of hydrogen-bond donors (Lipinski definition) is 1. The monoisotopic (exact) mass is 291 g/mol. The summed E-state index contributed by atoms with van der Waals surface area (Å²) in [6, 6.07) is 4.01. The Bertz CT molecular complexity index is 589. The zero-order chi connectivity index (χ0) is 12.6. The first-order valence-electron chi connectivity index (χ1n) is 4.48. The van der Waals surface area contributed by atoms with Crippen molar-refractivity contribution in [2.75, 3.05) is 0 Å². The predicted octanol–water partition coefficient (Wildman–Crippen LogP) is 4.55. The second-order valence-corrected chi connectivity index (χ2v) is 4.49. The van der Waals surface area contributed by atoms with E-state index < -0.39 is 5.95 Å². The minimum absolute atomic E-state index is 0.187. The maximum atomic E-state index is 13.0. The van der Waals surface area contributed by atoms with Crippen LogP contribution in [0.3, 0.4) is 0 Å². The van der Waals surface area contributed by atoms with Crippen LogP contribution in [0.1, 0.15) is 0 Å². The number of aromatic hydroxyl groups is 1. The minimum atomic E-state index is -0.732. The van der Waals surface area contributed by atoms with Gasteiger partial charge in [-0.1, -0.05) is 34.8 Å². The van der Waals surface area contributed by atoms with Crippen molar-refractivity contribution in [3.63, 3.8) is 0 Å². The van der Waals surface area contributed by atoms with Gasteiger partial charge in [-0.2, -0.15) is 4.39 Å². The third-order valence-electron chi connectivity index (χ3n) is 2.13. The Kier molecular flexibility index (Phi) is 3.43. The van der Waals surface area contributed by atoms with Gasteiger partial charge in [0, 0.05) is 22.2 Å². The average Bonchev–Trinajstić information content (AvgIpc) is 2.27. The van der Waals surface area contributed by atoms with Crippen molar-refractivity contribution >= 4 is 34.8 Å². The molecular formula is C11H5Cl3FNO. The zero-order valence-corrected chi connectivity index (χ0v) is 10.5. The molecule has 0 spiro atoms. The number of rotatable bonds is 1. The second kappa shape index (κ2) is 4.69. The van der Waals surface area contributed by atoms with Gasteiger partial charge in [0.2, 0.25) is 5.95 Å².